The van der Waals surface area contributed by atoms with Crippen molar-refractivity contribution < 1.29 is 14.3 Å². The van der Waals surface area contributed by atoms with Crippen LogP contribution in [0.2, 0.25) is 5.02 Å². The van der Waals surface area contributed by atoms with E-state index in [1.807, 2.05) is 0 Å². The smallest absolute Gasteiger partial charge is 0.307 e. The molecule has 0 saturated heterocycles. The fourth-order valence-electron chi connectivity index (χ4n) is 1.99. The van der Waals surface area contributed by atoms with E-state index in [0.29, 0.717) is 16.3 Å². The van der Waals surface area contributed by atoms with Gasteiger partial charge in [0.2, 0.25) is 0 Å². The number of aromatic nitrogens is 2. The summed E-state index contributed by atoms with van der Waals surface area (Å²) in [4.78, 5) is 32.0. The second-order valence-corrected chi connectivity index (χ2v) is 5.28. The van der Waals surface area contributed by atoms with Gasteiger partial charge in [-0.25, -0.2) is 4.98 Å². The molecule has 0 aliphatic heterocycles. The number of hydrogen-bond acceptors (Lipinski definition) is 5. The molecule has 23 heavy (non-hydrogen) atoms. The molecular weight excluding hydrogens is 318 g/mol. The molecule has 0 fully saturated rings. The van der Waals surface area contributed by atoms with Gasteiger partial charge < -0.3 is 10.1 Å². The van der Waals surface area contributed by atoms with Crippen molar-refractivity contribution in [2.75, 3.05) is 7.11 Å². The number of aryl methyl sites for hydroxylation is 1. The molecule has 6 nitrogen and oxygen atoms in total. The Morgan fingerprint density at radius 1 is 1.26 bits per heavy atom. The highest BCUT2D eigenvalue weighted by molar-refractivity contribution is 6.31. The summed E-state index contributed by atoms with van der Waals surface area (Å²) in [6.07, 6.45) is 2.84. The number of halogens is 1. The Bertz CT molecular complexity index is 704. The van der Waals surface area contributed by atoms with Gasteiger partial charge in [-0.05, 0) is 18.6 Å². The van der Waals surface area contributed by atoms with Crippen LogP contribution in [0.4, 0.5) is 0 Å². The van der Waals surface area contributed by atoms with Gasteiger partial charge >= 0.3 is 5.97 Å². The molecule has 1 unspecified atom stereocenters. The number of nitrogens with zero attached hydrogens (tertiary/aromatic N) is 2. The number of carbonyl (C=O) groups is 2. The average molecular weight is 334 g/mol. The Labute approximate surface area is 138 Å². The van der Waals surface area contributed by atoms with Gasteiger partial charge in [0.1, 0.15) is 5.69 Å². The van der Waals surface area contributed by atoms with Crippen LogP contribution in [0.3, 0.4) is 0 Å². The van der Waals surface area contributed by atoms with E-state index in [0.717, 1.165) is 0 Å². The minimum absolute atomic E-state index is 0.0364. The van der Waals surface area contributed by atoms with Crippen molar-refractivity contribution in [2.45, 2.75) is 19.4 Å². The van der Waals surface area contributed by atoms with E-state index in [4.69, 9.17) is 11.6 Å². The van der Waals surface area contributed by atoms with Crippen LogP contribution in [0.15, 0.2) is 36.7 Å². The predicted octanol–water partition coefficient (Wildman–Crippen LogP) is 2.47. The predicted molar refractivity (Wildman–Crippen MR) is 85.1 cm³/mol. The van der Waals surface area contributed by atoms with Crippen molar-refractivity contribution in [3.05, 3.63) is 58.6 Å². The van der Waals surface area contributed by atoms with E-state index in [1.165, 1.54) is 19.5 Å². The zero-order chi connectivity index (χ0) is 16.8. The molecule has 0 aliphatic rings. The van der Waals surface area contributed by atoms with Crippen LogP contribution in [0.5, 0.6) is 0 Å². The molecule has 2 aromatic rings. The molecule has 1 heterocycles. The van der Waals surface area contributed by atoms with Gasteiger partial charge in [0, 0.05) is 11.2 Å². The molecule has 0 radical (unpaired) electrons. The molecule has 1 aromatic carbocycles. The summed E-state index contributed by atoms with van der Waals surface area (Å²) in [6.45, 7) is 1.78. The van der Waals surface area contributed by atoms with Crippen molar-refractivity contribution in [3.8, 4) is 0 Å². The van der Waals surface area contributed by atoms with Gasteiger partial charge in [-0.3, -0.25) is 14.6 Å². The SMILES string of the molecule is COC(=O)CC(NC(=O)c1cnc(C)cn1)c1ccccc1Cl. The van der Waals surface area contributed by atoms with E-state index in [2.05, 4.69) is 20.0 Å². The monoisotopic (exact) mass is 333 g/mol. The first kappa shape index (κ1) is 16.9. The lowest BCUT2D eigenvalue weighted by molar-refractivity contribution is -0.141. The first-order chi connectivity index (χ1) is 11.0. The molecule has 120 valence electrons. The third-order valence-corrected chi connectivity index (χ3v) is 3.54. The number of esters is 1. The number of methoxy groups -OCH3 is 1. The molecule has 1 amide bonds. The second kappa shape index (κ2) is 7.69. The van der Waals surface area contributed by atoms with Gasteiger partial charge in [-0.15, -0.1) is 0 Å². The maximum Gasteiger partial charge on any atom is 0.307 e. The largest absolute Gasteiger partial charge is 0.469 e. The Morgan fingerprint density at radius 3 is 2.61 bits per heavy atom. The van der Waals surface area contributed by atoms with Crippen molar-refractivity contribution in [3.63, 3.8) is 0 Å². The highest BCUT2D eigenvalue weighted by Gasteiger charge is 2.22. The highest BCUT2D eigenvalue weighted by atomic mass is 35.5. The Morgan fingerprint density at radius 2 is 2.00 bits per heavy atom. The average Bonchev–Trinajstić information content (AvgIpc) is 2.55. The van der Waals surface area contributed by atoms with Crippen LogP contribution in [-0.2, 0) is 9.53 Å². The second-order valence-electron chi connectivity index (χ2n) is 4.87. The third kappa shape index (κ3) is 4.50. The van der Waals surface area contributed by atoms with Gasteiger partial charge in [-0.2, -0.15) is 0 Å². The van der Waals surface area contributed by atoms with E-state index >= 15 is 0 Å². The lowest BCUT2D eigenvalue weighted by Gasteiger charge is -2.19. The van der Waals surface area contributed by atoms with Crippen LogP contribution in [0.1, 0.15) is 34.2 Å². The summed E-state index contributed by atoms with van der Waals surface area (Å²) in [5.74, 6) is -0.892. The van der Waals surface area contributed by atoms with Gasteiger partial charge in [0.25, 0.3) is 5.91 Å². The highest BCUT2D eigenvalue weighted by Crippen LogP contribution is 2.25. The standard InChI is InChI=1S/C16H16ClN3O3/c1-10-8-19-14(9-18-10)16(22)20-13(7-15(21)23-2)11-5-3-4-6-12(11)17/h3-6,8-9,13H,7H2,1-2H3,(H,20,22). The number of amides is 1. The minimum atomic E-state index is -0.619. The molecule has 0 saturated carbocycles. The summed E-state index contributed by atoms with van der Waals surface area (Å²) in [5.41, 5.74) is 1.50. The van der Waals surface area contributed by atoms with Crippen molar-refractivity contribution >= 4 is 23.5 Å². The maximum atomic E-state index is 12.3. The first-order valence-corrected chi connectivity index (χ1v) is 7.30. The number of carbonyl (C=O) groups excluding carboxylic acids is 2. The molecule has 0 spiro atoms. The Balaban J connectivity index is 2.24. The van der Waals surface area contributed by atoms with Crippen molar-refractivity contribution in [1.82, 2.24) is 15.3 Å². The van der Waals surface area contributed by atoms with Gasteiger partial charge in [-0.1, -0.05) is 29.8 Å². The molecule has 1 atom stereocenters. The molecule has 1 N–H and O–H groups in total. The zero-order valence-corrected chi connectivity index (χ0v) is 13.5. The molecular formula is C16H16ClN3O3. The Hall–Kier alpha value is -2.47. The molecule has 0 bridgehead atoms. The summed E-state index contributed by atoms with van der Waals surface area (Å²) in [5, 5.41) is 3.20. The maximum absolute atomic E-state index is 12.3. The first-order valence-electron chi connectivity index (χ1n) is 6.92. The molecule has 7 heteroatoms. The number of rotatable bonds is 5. The molecule has 2 rings (SSSR count). The van der Waals surface area contributed by atoms with Crippen molar-refractivity contribution in [2.24, 2.45) is 0 Å². The summed E-state index contributed by atoms with van der Waals surface area (Å²) < 4.78 is 4.68. The minimum Gasteiger partial charge on any atom is -0.469 e. The van der Waals surface area contributed by atoms with E-state index in [9.17, 15) is 9.59 Å². The number of hydrogen-bond donors (Lipinski definition) is 1. The quantitative estimate of drug-likeness (QED) is 0.850. The number of nitrogens with one attached hydrogen (secondary N) is 1. The summed E-state index contributed by atoms with van der Waals surface area (Å²) in [7, 11) is 1.29. The van der Waals surface area contributed by atoms with Crippen LogP contribution < -0.4 is 5.32 Å². The van der Waals surface area contributed by atoms with Crippen LogP contribution in [0, 0.1) is 6.92 Å². The molecule has 1 aromatic heterocycles. The van der Waals surface area contributed by atoms with Crippen molar-refractivity contribution in [1.29, 1.82) is 0 Å². The lowest BCUT2D eigenvalue weighted by Crippen LogP contribution is -2.31. The van der Waals surface area contributed by atoms with Crippen LogP contribution >= 0.6 is 11.6 Å². The van der Waals surface area contributed by atoms with Crippen LogP contribution in [0.25, 0.3) is 0 Å². The van der Waals surface area contributed by atoms with E-state index < -0.39 is 17.9 Å². The third-order valence-electron chi connectivity index (χ3n) is 3.20. The van der Waals surface area contributed by atoms with E-state index in [1.54, 1.807) is 31.2 Å². The van der Waals surface area contributed by atoms with E-state index in [-0.39, 0.29) is 12.1 Å². The fraction of sp³-hybridized carbons (Fsp3) is 0.250. The number of benzene rings is 1. The topological polar surface area (TPSA) is 81.2 Å². The summed E-state index contributed by atoms with van der Waals surface area (Å²) in [6, 6.07) is 6.37. The van der Waals surface area contributed by atoms with Crippen LogP contribution in [-0.4, -0.2) is 29.0 Å². The lowest BCUT2D eigenvalue weighted by atomic mass is 10.0. The zero-order valence-electron chi connectivity index (χ0n) is 12.7. The summed E-state index contributed by atoms with van der Waals surface area (Å²) >= 11 is 6.16. The molecule has 0 aliphatic carbocycles. The fourth-order valence-corrected chi connectivity index (χ4v) is 2.26. The Kier molecular flexibility index (Phi) is 5.65. The van der Waals surface area contributed by atoms with Gasteiger partial charge in [0.05, 0.1) is 31.5 Å². The normalized spacial score (nSPS) is 11.6. The number of ether oxygens (including phenoxy) is 1. The van der Waals surface area contributed by atoms with Gasteiger partial charge in [0.15, 0.2) is 0 Å².